The van der Waals surface area contributed by atoms with E-state index in [1.165, 1.54) is 11.8 Å². The average Bonchev–Trinajstić information content (AvgIpc) is 2.14. The normalized spacial score (nSPS) is 11.8. The van der Waals surface area contributed by atoms with Crippen molar-refractivity contribution in [3.63, 3.8) is 0 Å². The maximum Gasteiger partial charge on any atom is 0.318 e. The number of carbonyl (C=O) groups is 1. The highest BCUT2D eigenvalue weighted by Crippen LogP contribution is 2.12. The molecular formula is C9H15NO2S. The fourth-order valence-corrected chi connectivity index (χ4v) is 1.44. The number of thioether (sulfide) groups is 1. The van der Waals surface area contributed by atoms with E-state index in [9.17, 15) is 4.79 Å². The van der Waals surface area contributed by atoms with Crippen LogP contribution in [0.25, 0.3) is 0 Å². The molecule has 0 aliphatic heterocycles. The summed E-state index contributed by atoms with van der Waals surface area (Å²) in [7, 11) is 0. The summed E-state index contributed by atoms with van der Waals surface area (Å²) in [6, 6.07) is 2.03. The molecule has 74 valence electrons. The standard InChI is InChI=1S/C9H15NO2S/c1-3-6-12-9(11)8(2)13-7-4-5-10/h8H,3-4,6-7H2,1-2H3. The van der Waals surface area contributed by atoms with Gasteiger partial charge in [0.25, 0.3) is 0 Å². The van der Waals surface area contributed by atoms with Crippen molar-refractivity contribution in [3.8, 4) is 6.07 Å². The number of esters is 1. The van der Waals surface area contributed by atoms with Gasteiger partial charge < -0.3 is 4.74 Å². The third kappa shape index (κ3) is 6.47. The molecule has 0 bridgehead atoms. The van der Waals surface area contributed by atoms with Crippen LogP contribution in [-0.2, 0) is 9.53 Å². The molecule has 0 radical (unpaired) electrons. The van der Waals surface area contributed by atoms with Crippen LogP contribution in [0.3, 0.4) is 0 Å². The first-order chi connectivity index (χ1) is 6.22. The molecule has 0 aliphatic rings. The minimum Gasteiger partial charge on any atom is -0.465 e. The molecule has 0 saturated carbocycles. The molecule has 0 aromatic heterocycles. The van der Waals surface area contributed by atoms with Gasteiger partial charge in [-0.3, -0.25) is 4.79 Å². The zero-order valence-corrected chi connectivity index (χ0v) is 8.89. The third-order valence-electron chi connectivity index (χ3n) is 1.36. The topological polar surface area (TPSA) is 50.1 Å². The van der Waals surface area contributed by atoms with Crippen LogP contribution in [0.5, 0.6) is 0 Å². The van der Waals surface area contributed by atoms with Crippen molar-refractivity contribution in [2.24, 2.45) is 0 Å². The monoisotopic (exact) mass is 201 g/mol. The second-order valence-corrected chi connectivity index (χ2v) is 4.04. The summed E-state index contributed by atoms with van der Waals surface area (Å²) in [4.78, 5) is 11.2. The molecule has 0 rings (SSSR count). The Morgan fingerprint density at radius 2 is 2.38 bits per heavy atom. The summed E-state index contributed by atoms with van der Waals surface area (Å²) in [5, 5.41) is 8.13. The molecular weight excluding hydrogens is 186 g/mol. The van der Waals surface area contributed by atoms with Gasteiger partial charge in [0.1, 0.15) is 0 Å². The van der Waals surface area contributed by atoms with Crippen LogP contribution in [0.2, 0.25) is 0 Å². The number of rotatable bonds is 6. The van der Waals surface area contributed by atoms with Crippen LogP contribution in [0, 0.1) is 11.3 Å². The Labute approximate surface area is 83.4 Å². The number of carbonyl (C=O) groups excluding carboxylic acids is 1. The molecule has 0 amide bonds. The SMILES string of the molecule is CCCOC(=O)C(C)SCCC#N. The lowest BCUT2D eigenvalue weighted by Crippen LogP contribution is -2.17. The van der Waals surface area contributed by atoms with Crippen molar-refractivity contribution in [1.82, 2.24) is 0 Å². The second-order valence-electron chi connectivity index (χ2n) is 2.59. The highest BCUT2D eigenvalue weighted by atomic mass is 32.2. The second kappa shape index (κ2) is 7.93. The van der Waals surface area contributed by atoms with Gasteiger partial charge in [-0.2, -0.15) is 5.26 Å². The van der Waals surface area contributed by atoms with Crippen LogP contribution in [0.15, 0.2) is 0 Å². The van der Waals surface area contributed by atoms with Crippen molar-refractivity contribution >= 4 is 17.7 Å². The first-order valence-electron chi connectivity index (χ1n) is 4.37. The van der Waals surface area contributed by atoms with Crippen molar-refractivity contribution < 1.29 is 9.53 Å². The molecule has 0 saturated heterocycles. The average molecular weight is 201 g/mol. The number of hydrogen-bond acceptors (Lipinski definition) is 4. The summed E-state index contributed by atoms with van der Waals surface area (Å²) in [5.41, 5.74) is 0. The van der Waals surface area contributed by atoms with Gasteiger partial charge >= 0.3 is 5.97 Å². The van der Waals surface area contributed by atoms with E-state index in [-0.39, 0.29) is 11.2 Å². The van der Waals surface area contributed by atoms with Gasteiger partial charge in [0.05, 0.1) is 17.9 Å². The Morgan fingerprint density at radius 3 is 2.92 bits per heavy atom. The zero-order chi connectivity index (χ0) is 10.1. The van der Waals surface area contributed by atoms with Crippen LogP contribution in [0.4, 0.5) is 0 Å². The Bertz CT molecular complexity index is 189. The quantitative estimate of drug-likeness (QED) is 0.487. The van der Waals surface area contributed by atoms with Crippen molar-refractivity contribution in [3.05, 3.63) is 0 Å². The van der Waals surface area contributed by atoms with Gasteiger partial charge in [0.15, 0.2) is 0 Å². The molecule has 0 heterocycles. The largest absolute Gasteiger partial charge is 0.465 e. The van der Waals surface area contributed by atoms with Crippen LogP contribution in [-0.4, -0.2) is 23.6 Å². The number of nitrogens with zero attached hydrogens (tertiary/aromatic N) is 1. The fraction of sp³-hybridized carbons (Fsp3) is 0.778. The molecule has 3 nitrogen and oxygen atoms in total. The summed E-state index contributed by atoms with van der Waals surface area (Å²) in [6.45, 7) is 4.25. The molecule has 0 fully saturated rings. The van der Waals surface area contributed by atoms with Crippen molar-refractivity contribution in [1.29, 1.82) is 5.26 Å². The van der Waals surface area contributed by atoms with E-state index in [1.807, 2.05) is 13.0 Å². The predicted octanol–water partition coefficient (Wildman–Crippen LogP) is 1.97. The molecule has 1 unspecified atom stereocenters. The van der Waals surface area contributed by atoms with Crippen LogP contribution in [0.1, 0.15) is 26.7 Å². The number of ether oxygens (including phenoxy) is 1. The minimum absolute atomic E-state index is 0.153. The van der Waals surface area contributed by atoms with Crippen molar-refractivity contribution in [2.45, 2.75) is 31.9 Å². The zero-order valence-electron chi connectivity index (χ0n) is 8.08. The molecule has 1 atom stereocenters. The maximum absolute atomic E-state index is 11.2. The van der Waals surface area contributed by atoms with Gasteiger partial charge in [-0.05, 0) is 13.3 Å². The lowest BCUT2D eigenvalue weighted by molar-refractivity contribution is -0.142. The lowest BCUT2D eigenvalue weighted by atomic mass is 10.5. The van der Waals surface area contributed by atoms with Gasteiger partial charge in [-0.15, -0.1) is 11.8 Å². The molecule has 0 aliphatic carbocycles. The summed E-state index contributed by atoms with van der Waals surface area (Å²) < 4.78 is 4.94. The highest BCUT2D eigenvalue weighted by Gasteiger charge is 2.13. The van der Waals surface area contributed by atoms with Crippen molar-refractivity contribution in [2.75, 3.05) is 12.4 Å². The minimum atomic E-state index is -0.176. The number of nitriles is 1. The molecule has 13 heavy (non-hydrogen) atoms. The smallest absolute Gasteiger partial charge is 0.318 e. The van der Waals surface area contributed by atoms with Crippen LogP contribution >= 0.6 is 11.8 Å². The molecule has 0 aromatic carbocycles. The van der Waals surface area contributed by atoms with E-state index in [1.54, 1.807) is 6.92 Å². The Balaban J connectivity index is 3.52. The molecule has 0 N–H and O–H groups in total. The fourth-order valence-electron chi connectivity index (χ4n) is 0.669. The lowest BCUT2D eigenvalue weighted by Gasteiger charge is -2.09. The van der Waals surface area contributed by atoms with Crippen LogP contribution < -0.4 is 0 Å². The summed E-state index contributed by atoms with van der Waals surface area (Å²) >= 11 is 1.46. The van der Waals surface area contributed by atoms with Gasteiger partial charge in [-0.1, -0.05) is 6.92 Å². The Hall–Kier alpha value is -0.690. The Kier molecular flexibility index (Phi) is 7.51. The molecule has 0 spiro atoms. The predicted molar refractivity (Wildman–Crippen MR) is 53.4 cm³/mol. The van der Waals surface area contributed by atoms with E-state index in [2.05, 4.69) is 0 Å². The summed E-state index contributed by atoms with van der Waals surface area (Å²) in [6.07, 6.45) is 1.33. The Morgan fingerprint density at radius 1 is 1.69 bits per heavy atom. The number of hydrogen-bond donors (Lipinski definition) is 0. The molecule has 0 aromatic rings. The summed E-state index contributed by atoms with van der Waals surface area (Å²) in [5.74, 6) is 0.517. The van der Waals surface area contributed by atoms with E-state index < -0.39 is 0 Å². The third-order valence-corrected chi connectivity index (χ3v) is 2.49. The first-order valence-corrected chi connectivity index (χ1v) is 5.42. The van der Waals surface area contributed by atoms with Gasteiger partial charge in [0.2, 0.25) is 0 Å². The first kappa shape index (κ1) is 12.3. The van der Waals surface area contributed by atoms with E-state index >= 15 is 0 Å². The van der Waals surface area contributed by atoms with Gasteiger partial charge in [-0.25, -0.2) is 0 Å². The van der Waals surface area contributed by atoms with Gasteiger partial charge in [0, 0.05) is 12.2 Å². The maximum atomic E-state index is 11.2. The highest BCUT2D eigenvalue weighted by molar-refractivity contribution is 8.00. The van der Waals surface area contributed by atoms with E-state index in [0.717, 1.165) is 6.42 Å². The van der Waals surface area contributed by atoms with E-state index in [4.69, 9.17) is 10.00 Å². The molecule has 4 heteroatoms. The van der Waals surface area contributed by atoms with E-state index in [0.29, 0.717) is 18.8 Å².